The molecule has 1 aromatic heterocycles. The van der Waals surface area contributed by atoms with Crippen molar-refractivity contribution in [2.45, 2.75) is 52.5 Å². The van der Waals surface area contributed by atoms with Crippen LogP contribution in [0.5, 0.6) is 0 Å². The van der Waals surface area contributed by atoms with Crippen molar-refractivity contribution < 1.29 is 4.42 Å². The Labute approximate surface area is 319 Å². The van der Waals surface area contributed by atoms with Crippen molar-refractivity contribution in [3.05, 3.63) is 197 Å². The van der Waals surface area contributed by atoms with Crippen molar-refractivity contribution in [2.24, 2.45) is 0 Å². The van der Waals surface area contributed by atoms with Crippen LogP contribution in [0.25, 0.3) is 33.1 Å². The molecule has 0 fully saturated rings. The van der Waals surface area contributed by atoms with Gasteiger partial charge in [0.2, 0.25) is 0 Å². The first-order valence-electron chi connectivity index (χ1n) is 19.3. The molecule has 6 aromatic rings. The first kappa shape index (κ1) is 33.8. The van der Waals surface area contributed by atoms with Crippen LogP contribution in [0.4, 0.5) is 17.1 Å². The fourth-order valence-corrected chi connectivity index (χ4v) is 8.57. The maximum atomic E-state index is 6.24. The van der Waals surface area contributed by atoms with Crippen molar-refractivity contribution in [1.82, 2.24) is 0 Å². The molecular formula is C51H46N2O. The average Bonchev–Trinajstić information content (AvgIpc) is 3.60. The number of hydrogen-bond acceptors (Lipinski definition) is 3. The summed E-state index contributed by atoms with van der Waals surface area (Å²) in [4.78, 5) is 5.07. The second-order valence-electron chi connectivity index (χ2n) is 14.9. The molecule has 0 saturated heterocycles. The summed E-state index contributed by atoms with van der Waals surface area (Å²) in [6.45, 7) is 9.87. The van der Waals surface area contributed by atoms with E-state index in [2.05, 4.69) is 189 Å². The van der Waals surface area contributed by atoms with E-state index in [0.717, 1.165) is 47.0 Å². The number of benzene rings is 5. The fraction of sp³-hybridized carbons (Fsp3) is 0.176. The normalized spacial score (nSPS) is 20.1. The Kier molecular flexibility index (Phi) is 8.79. The summed E-state index contributed by atoms with van der Waals surface area (Å²) in [5, 5.41) is 2.29. The topological polar surface area (TPSA) is 19.6 Å². The van der Waals surface area contributed by atoms with Gasteiger partial charge in [0.25, 0.3) is 0 Å². The summed E-state index contributed by atoms with van der Waals surface area (Å²) in [6.07, 6.45) is 22.7. The minimum absolute atomic E-state index is 0.152. The lowest BCUT2D eigenvalue weighted by Gasteiger charge is -2.38. The zero-order chi connectivity index (χ0) is 36.8. The summed E-state index contributed by atoms with van der Waals surface area (Å²) in [6, 6.07) is 37.6. The third-order valence-electron chi connectivity index (χ3n) is 11.8. The standard InChI is InChI=1S/C51H46N2O/c1-34-32-46-37(4)48(19-13-31-52(51(46)36(3)35(34)2)44-29-30-50-47(33-44)45-18-11-12-20-49(45)54-50)53(42-25-21-40(22-26-42)38-14-7-5-8-15-38)43-27-23-41(24-28-43)39-16-9-6-10-17-39/h5-16,18-25,27-30,32-33,39,42H,17,26,31H2,1-4H3/b19-13-,48-37-. The lowest BCUT2D eigenvalue weighted by molar-refractivity contribution is 0.669. The van der Waals surface area contributed by atoms with Gasteiger partial charge in [0.1, 0.15) is 11.2 Å². The third kappa shape index (κ3) is 6.04. The second kappa shape index (κ2) is 14.1. The van der Waals surface area contributed by atoms with Gasteiger partial charge in [0, 0.05) is 45.9 Å². The van der Waals surface area contributed by atoms with Crippen molar-refractivity contribution in [3.63, 3.8) is 0 Å². The van der Waals surface area contributed by atoms with Crippen LogP contribution in [0.15, 0.2) is 168 Å². The Balaban J connectivity index is 1.18. The molecule has 0 amide bonds. The van der Waals surface area contributed by atoms with E-state index in [9.17, 15) is 0 Å². The molecule has 3 aliphatic rings. The monoisotopic (exact) mass is 702 g/mol. The lowest BCUT2D eigenvalue weighted by atomic mass is 9.89. The molecule has 0 N–H and O–H groups in total. The summed E-state index contributed by atoms with van der Waals surface area (Å²) in [7, 11) is 0. The molecule has 2 aliphatic carbocycles. The predicted molar refractivity (Wildman–Crippen MR) is 230 cm³/mol. The number of nitrogens with zero attached hydrogens (tertiary/aromatic N) is 2. The van der Waals surface area contributed by atoms with E-state index in [4.69, 9.17) is 4.42 Å². The number of allylic oxidation sites excluding steroid dienone is 8. The van der Waals surface area contributed by atoms with Crippen LogP contribution in [-0.4, -0.2) is 12.6 Å². The zero-order valence-electron chi connectivity index (χ0n) is 31.6. The minimum Gasteiger partial charge on any atom is -0.456 e. The van der Waals surface area contributed by atoms with Gasteiger partial charge in [-0.25, -0.2) is 0 Å². The Morgan fingerprint density at radius 3 is 2.26 bits per heavy atom. The molecule has 2 unspecified atom stereocenters. The number of anilines is 3. The number of furan rings is 1. The molecule has 3 nitrogen and oxygen atoms in total. The number of hydrogen-bond donors (Lipinski definition) is 0. The smallest absolute Gasteiger partial charge is 0.135 e. The van der Waals surface area contributed by atoms with Crippen molar-refractivity contribution in [1.29, 1.82) is 0 Å². The van der Waals surface area contributed by atoms with Crippen molar-refractivity contribution >= 4 is 50.1 Å². The average molecular weight is 703 g/mol. The van der Waals surface area contributed by atoms with Crippen LogP contribution in [0, 0.1) is 20.8 Å². The first-order valence-corrected chi connectivity index (χ1v) is 19.3. The first-order chi connectivity index (χ1) is 26.4. The van der Waals surface area contributed by atoms with Gasteiger partial charge in [0.05, 0.1) is 11.7 Å². The van der Waals surface area contributed by atoms with E-state index >= 15 is 0 Å². The van der Waals surface area contributed by atoms with Gasteiger partial charge in [-0.3, -0.25) is 0 Å². The van der Waals surface area contributed by atoms with Crippen LogP contribution in [0.3, 0.4) is 0 Å². The number of aryl methyl sites for hydroxylation is 1. The number of rotatable bonds is 6. The van der Waals surface area contributed by atoms with E-state index in [1.165, 1.54) is 61.6 Å². The molecule has 9 rings (SSSR count). The second-order valence-corrected chi connectivity index (χ2v) is 14.9. The summed E-state index contributed by atoms with van der Waals surface area (Å²) in [5.74, 6) is 0.414. The quantitative estimate of drug-likeness (QED) is 0.172. The lowest BCUT2D eigenvalue weighted by Crippen LogP contribution is -2.34. The molecule has 5 aromatic carbocycles. The van der Waals surface area contributed by atoms with Crippen LogP contribution in [0.1, 0.15) is 59.1 Å². The van der Waals surface area contributed by atoms with Gasteiger partial charge < -0.3 is 14.2 Å². The van der Waals surface area contributed by atoms with Gasteiger partial charge in [-0.2, -0.15) is 0 Å². The van der Waals surface area contributed by atoms with Crippen molar-refractivity contribution in [3.8, 4) is 0 Å². The minimum atomic E-state index is 0.152. The van der Waals surface area contributed by atoms with E-state index in [1.807, 2.05) is 6.07 Å². The largest absolute Gasteiger partial charge is 0.456 e. The summed E-state index contributed by atoms with van der Waals surface area (Å²) in [5.41, 5.74) is 17.1. The number of fused-ring (bicyclic) bond motifs is 4. The molecule has 2 heterocycles. The Morgan fingerprint density at radius 2 is 1.48 bits per heavy atom. The molecule has 3 heteroatoms. The molecule has 0 spiro atoms. The van der Waals surface area contributed by atoms with Crippen LogP contribution in [-0.2, 0) is 0 Å². The molecule has 0 saturated carbocycles. The molecule has 266 valence electrons. The molecule has 2 atom stereocenters. The maximum absolute atomic E-state index is 6.24. The van der Waals surface area contributed by atoms with Gasteiger partial charge in [-0.05, 0) is 128 Å². The SMILES string of the molecule is C/C1=C(N(c2ccc(C3C=CC=CC3)cc2)C2C=CC(c3ccccc3)=CC2)\C=C/CN(c2ccc3oc4ccccc4c3c2)c2c1cc(C)c(C)c2C. The van der Waals surface area contributed by atoms with Crippen molar-refractivity contribution in [2.75, 3.05) is 16.3 Å². The Morgan fingerprint density at radius 1 is 0.685 bits per heavy atom. The highest BCUT2D eigenvalue weighted by molar-refractivity contribution is 6.06. The molecule has 1 aliphatic heterocycles. The van der Waals surface area contributed by atoms with E-state index in [1.54, 1.807) is 0 Å². The zero-order valence-corrected chi connectivity index (χ0v) is 31.6. The van der Waals surface area contributed by atoms with E-state index < -0.39 is 0 Å². The third-order valence-corrected chi connectivity index (χ3v) is 11.8. The van der Waals surface area contributed by atoms with E-state index in [0.29, 0.717) is 5.92 Å². The van der Waals surface area contributed by atoms with E-state index in [-0.39, 0.29) is 6.04 Å². The summed E-state index contributed by atoms with van der Waals surface area (Å²) >= 11 is 0. The fourth-order valence-electron chi connectivity index (χ4n) is 8.57. The highest BCUT2D eigenvalue weighted by atomic mass is 16.3. The molecule has 0 bridgehead atoms. The van der Waals surface area contributed by atoms with Gasteiger partial charge in [-0.1, -0.05) is 109 Å². The van der Waals surface area contributed by atoms with Gasteiger partial charge >= 0.3 is 0 Å². The van der Waals surface area contributed by atoms with Crippen LogP contribution >= 0.6 is 0 Å². The number of para-hydroxylation sites is 1. The summed E-state index contributed by atoms with van der Waals surface area (Å²) < 4.78 is 6.24. The van der Waals surface area contributed by atoms with Crippen LogP contribution < -0.4 is 9.80 Å². The van der Waals surface area contributed by atoms with Gasteiger partial charge in [0.15, 0.2) is 0 Å². The van der Waals surface area contributed by atoms with Crippen LogP contribution in [0.2, 0.25) is 0 Å². The predicted octanol–water partition coefficient (Wildman–Crippen LogP) is 13.5. The maximum Gasteiger partial charge on any atom is 0.135 e. The molecule has 54 heavy (non-hydrogen) atoms. The van der Waals surface area contributed by atoms with Gasteiger partial charge in [-0.15, -0.1) is 0 Å². The Hall–Kier alpha value is -6.06. The molecular weight excluding hydrogens is 657 g/mol. The highest BCUT2D eigenvalue weighted by Gasteiger charge is 2.28. The molecule has 0 radical (unpaired) electrons. The Bertz CT molecular complexity index is 2570. The highest BCUT2D eigenvalue weighted by Crippen LogP contribution is 2.44.